The Bertz CT molecular complexity index is 795. The number of halogens is 1. The molecule has 0 aliphatic heterocycles. The maximum atomic E-state index is 12.7. The molecule has 2 aromatic carbocycles. The van der Waals surface area contributed by atoms with Gasteiger partial charge in [0.1, 0.15) is 0 Å². The normalized spacial score (nSPS) is 10.8. The minimum Gasteiger partial charge on any atom is -0.337 e. The van der Waals surface area contributed by atoms with E-state index in [0.29, 0.717) is 25.2 Å². The lowest BCUT2D eigenvalue weighted by atomic mass is 10.1. The highest BCUT2D eigenvalue weighted by Crippen LogP contribution is 2.14. The molecule has 0 saturated carbocycles. The van der Waals surface area contributed by atoms with Gasteiger partial charge in [-0.2, -0.15) is 0 Å². The number of rotatable bonds is 7. The Morgan fingerprint density at radius 2 is 1.72 bits per heavy atom. The van der Waals surface area contributed by atoms with E-state index in [1.165, 1.54) is 12.1 Å². The van der Waals surface area contributed by atoms with E-state index < -0.39 is 9.84 Å². The summed E-state index contributed by atoms with van der Waals surface area (Å²) in [5.41, 5.74) is 7.12. The Labute approximate surface area is 155 Å². The van der Waals surface area contributed by atoms with Crippen LogP contribution >= 0.6 is 12.4 Å². The van der Waals surface area contributed by atoms with E-state index in [9.17, 15) is 13.2 Å². The smallest absolute Gasteiger partial charge is 0.253 e. The first kappa shape index (κ1) is 21.2. The van der Waals surface area contributed by atoms with Crippen molar-refractivity contribution in [1.29, 1.82) is 0 Å². The highest BCUT2D eigenvalue weighted by molar-refractivity contribution is 7.90. The van der Waals surface area contributed by atoms with Crippen LogP contribution in [-0.4, -0.2) is 45.1 Å². The molecule has 25 heavy (non-hydrogen) atoms. The zero-order valence-corrected chi connectivity index (χ0v) is 15.7. The molecule has 2 aromatic rings. The first-order valence-electron chi connectivity index (χ1n) is 7.75. The van der Waals surface area contributed by atoms with Crippen LogP contribution in [0.1, 0.15) is 15.9 Å². The molecule has 0 aliphatic rings. The van der Waals surface area contributed by atoms with Crippen LogP contribution in [0.3, 0.4) is 0 Å². The van der Waals surface area contributed by atoms with Crippen LogP contribution in [0.15, 0.2) is 59.5 Å². The molecule has 0 unspecified atom stereocenters. The van der Waals surface area contributed by atoms with Gasteiger partial charge in [-0.3, -0.25) is 4.79 Å². The molecule has 0 radical (unpaired) electrons. The monoisotopic (exact) mass is 382 g/mol. The second-order valence-electron chi connectivity index (χ2n) is 5.62. The van der Waals surface area contributed by atoms with Gasteiger partial charge in [-0.25, -0.2) is 8.42 Å². The summed E-state index contributed by atoms with van der Waals surface area (Å²) in [5, 5.41) is 0. The molecule has 1 amide bonds. The molecule has 5 nitrogen and oxygen atoms in total. The van der Waals surface area contributed by atoms with Gasteiger partial charge >= 0.3 is 0 Å². The first-order valence-corrected chi connectivity index (χ1v) is 9.64. The van der Waals surface area contributed by atoms with E-state index in [4.69, 9.17) is 5.73 Å². The number of nitrogens with zero attached hydrogens (tertiary/aromatic N) is 1. The van der Waals surface area contributed by atoms with Crippen molar-refractivity contribution in [3.63, 3.8) is 0 Å². The molecule has 2 N–H and O–H groups in total. The van der Waals surface area contributed by atoms with Crippen LogP contribution in [0.5, 0.6) is 0 Å². The number of hydrogen-bond acceptors (Lipinski definition) is 4. The molecule has 0 heterocycles. The lowest BCUT2D eigenvalue weighted by molar-refractivity contribution is 0.0762. The summed E-state index contributed by atoms with van der Waals surface area (Å²) in [4.78, 5) is 14.5. The Kier molecular flexibility index (Phi) is 8.09. The number of hydrogen-bond donors (Lipinski definition) is 1. The summed E-state index contributed by atoms with van der Waals surface area (Å²) in [6.45, 7) is 1.31. The molecule has 0 bridgehead atoms. The number of carbonyl (C=O) groups excluding carboxylic acids is 1. The maximum Gasteiger partial charge on any atom is 0.253 e. The molecular weight excluding hydrogens is 360 g/mol. The zero-order chi connectivity index (χ0) is 17.6. The van der Waals surface area contributed by atoms with Gasteiger partial charge in [0.05, 0.1) is 4.90 Å². The zero-order valence-electron chi connectivity index (χ0n) is 14.1. The van der Waals surface area contributed by atoms with Crippen LogP contribution in [0.25, 0.3) is 0 Å². The van der Waals surface area contributed by atoms with Crippen molar-refractivity contribution in [3.8, 4) is 0 Å². The van der Waals surface area contributed by atoms with Crippen LogP contribution in [0, 0.1) is 0 Å². The summed E-state index contributed by atoms with van der Waals surface area (Å²) >= 11 is 0. The summed E-state index contributed by atoms with van der Waals surface area (Å²) in [7, 11) is -3.35. The fourth-order valence-corrected chi connectivity index (χ4v) is 3.09. The molecule has 136 valence electrons. The number of nitrogens with two attached hydrogens (primary N) is 1. The van der Waals surface area contributed by atoms with Crippen LogP contribution in [0.4, 0.5) is 0 Å². The van der Waals surface area contributed by atoms with Gasteiger partial charge in [0.15, 0.2) is 9.84 Å². The second-order valence-corrected chi connectivity index (χ2v) is 7.63. The predicted octanol–water partition coefficient (Wildman–Crippen LogP) is 2.16. The Morgan fingerprint density at radius 1 is 1.04 bits per heavy atom. The van der Waals surface area contributed by atoms with Gasteiger partial charge in [-0.05, 0) is 30.2 Å². The van der Waals surface area contributed by atoms with E-state index in [2.05, 4.69) is 0 Å². The first-order chi connectivity index (χ1) is 11.4. The lowest BCUT2D eigenvalue weighted by Gasteiger charge is -2.22. The van der Waals surface area contributed by atoms with Crippen molar-refractivity contribution in [1.82, 2.24) is 4.90 Å². The Hall–Kier alpha value is -1.89. The van der Waals surface area contributed by atoms with Crippen LogP contribution < -0.4 is 5.73 Å². The quantitative estimate of drug-likeness (QED) is 0.795. The molecule has 0 aromatic heterocycles. The molecule has 2 rings (SSSR count). The summed E-state index contributed by atoms with van der Waals surface area (Å²) in [6.07, 6.45) is 1.85. The van der Waals surface area contributed by atoms with Crippen LogP contribution in [0.2, 0.25) is 0 Å². The third kappa shape index (κ3) is 6.16. The van der Waals surface area contributed by atoms with E-state index >= 15 is 0 Å². The minimum atomic E-state index is -3.35. The van der Waals surface area contributed by atoms with Crippen molar-refractivity contribution in [2.75, 3.05) is 25.9 Å². The van der Waals surface area contributed by atoms with Crippen molar-refractivity contribution in [3.05, 3.63) is 65.7 Å². The maximum absolute atomic E-state index is 12.7. The highest BCUT2D eigenvalue weighted by Gasteiger charge is 2.17. The molecule has 0 spiro atoms. The van der Waals surface area contributed by atoms with E-state index in [-0.39, 0.29) is 23.2 Å². The van der Waals surface area contributed by atoms with Crippen LogP contribution in [-0.2, 0) is 16.3 Å². The summed E-state index contributed by atoms with van der Waals surface area (Å²) < 4.78 is 23.3. The highest BCUT2D eigenvalue weighted by atomic mass is 35.5. The van der Waals surface area contributed by atoms with E-state index in [1.54, 1.807) is 17.0 Å². The number of carbonyl (C=O) groups is 1. The third-order valence-electron chi connectivity index (χ3n) is 3.71. The van der Waals surface area contributed by atoms with E-state index in [0.717, 1.165) is 18.2 Å². The SMILES string of the molecule is CS(=O)(=O)c1cccc(C(=O)N(CCN)CCc2ccccc2)c1.Cl. The fraction of sp³-hybridized carbons (Fsp3) is 0.278. The molecule has 0 fully saturated rings. The van der Waals surface area contributed by atoms with Crippen molar-refractivity contribution < 1.29 is 13.2 Å². The standard InChI is InChI=1S/C18H22N2O3S.ClH/c1-24(22,23)17-9-5-8-16(14-17)18(21)20(13-11-19)12-10-15-6-3-2-4-7-15;/h2-9,14H,10-13,19H2,1H3;1H. The second kappa shape index (κ2) is 9.56. The van der Waals surface area contributed by atoms with Gasteiger partial charge in [-0.1, -0.05) is 36.4 Å². The van der Waals surface area contributed by atoms with Gasteiger partial charge < -0.3 is 10.6 Å². The van der Waals surface area contributed by atoms with Gasteiger partial charge in [0, 0.05) is 31.5 Å². The fourth-order valence-electron chi connectivity index (χ4n) is 2.42. The molecule has 0 atom stereocenters. The molecule has 7 heteroatoms. The topological polar surface area (TPSA) is 80.5 Å². The molecule has 0 saturated heterocycles. The average molecular weight is 383 g/mol. The Morgan fingerprint density at radius 3 is 2.32 bits per heavy atom. The minimum absolute atomic E-state index is 0. The summed E-state index contributed by atoms with van der Waals surface area (Å²) in [5.74, 6) is -0.207. The van der Waals surface area contributed by atoms with Gasteiger partial charge in [-0.15, -0.1) is 12.4 Å². The molecule has 0 aliphatic carbocycles. The number of amides is 1. The molecular formula is C18H23ClN2O3S. The largest absolute Gasteiger partial charge is 0.337 e. The van der Waals surface area contributed by atoms with Crippen molar-refractivity contribution in [2.45, 2.75) is 11.3 Å². The summed E-state index contributed by atoms with van der Waals surface area (Å²) in [6, 6.07) is 16.0. The third-order valence-corrected chi connectivity index (χ3v) is 4.82. The Balaban J connectivity index is 0.00000312. The van der Waals surface area contributed by atoms with Crippen molar-refractivity contribution in [2.24, 2.45) is 5.73 Å². The predicted molar refractivity (Wildman–Crippen MR) is 102 cm³/mol. The van der Waals surface area contributed by atoms with Crippen molar-refractivity contribution >= 4 is 28.2 Å². The number of benzene rings is 2. The number of sulfone groups is 1. The van der Waals surface area contributed by atoms with Gasteiger partial charge in [0.25, 0.3) is 5.91 Å². The average Bonchev–Trinajstić information content (AvgIpc) is 2.58. The van der Waals surface area contributed by atoms with Gasteiger partial charge in [0.2, 0.25) is 0 Å². The van der Waals surface area contributed by atoms with E-state index in [1.807, 2.05) is 30.3 Å². The lowest BCUT2D eigenvalue weighted by Crippen LogP contribution is -2.37.